The fourth-order valence-corrected chi connectivity index (χ4v) is 1.88. The van der Waals surface area contributed by atoms with Crippen molar-refractivity contribution in [2.45, 2.75) is 26.2 Å². The molecule has 0 aromatic heterocycles. The van der Waals surface area contributed by atoms with Crippen LogP contribution >= 0.6 is 0 Å². The molecule has 0 saturated carbocycles. The summed E-state index contributed by atoms with van der Waals surface area (Å²) in [5.41, 5.74) is 7.67. The number of esters is 1. The van der Waals surface area contributed by atoms with Crippen molar-refractivity contribution in [1.82, 2.24) is 0 Å². The maximum atomic E-state index is 11.1. The second-order valence-electron chi connectivity index (χ2n) is 4.26. The standard InChI is InChI=1S/C14H22N2O2/c1-3-9-16(10-5-8-14(17)18-2)13-7-4-6-12(15)11-13/h4,6-7,11H,3,5,8-10,15H2,1-2H3. The maximum Gasteiger partial charge on any atom is 0.305 e. The van der Waals surface area contributed by atoms with E-state index in [0.717, 1.165) is 37.3 Å². The van der Waals surface area contributed by atoms with Gasteiger partial charge in [0.05, 0.1) is 7.11 Å². The number of nitrogens with zero attached hydrogens (tertiary/aromatic N) is 1. The summed E-state index contributed by atoms with van der Waals surface area (Å²) < 4.78 is 4.64. The lowest BCUT2D eigenvalue weighted by atomic mass is 10.2. The van der Waals surface area contributed by atoms with E-state index in [2.05, 4.69) is 16.6 Å². The Hall–Kier alpha value is -1.71. The van der Waals surface area contributed by atoms with Crippen LogP contribution in [0.3, 0.4) is 0 Å². The number of nitrogens with two attached hydrogens (primary N) is 1. The highest BCUT2D eigenvalue weighted by atomic mass is 16.5. The Morgan fingerprint density at radius 3 is 2.78 bits per heavy atom. The molecule has 4 heteroatoms. The highest BCUT2D eigenvalue weighted by Gasteiger charge is 2.07. The third kappa shape index (κ3) is 4.65. The van der Waals surface area contributed by atoms with E-state index < -0.39 is 0 Å². The molecule has 0 heterocycles. The maximum absolute atomic E-state index is 11.1. The highest BCUT2D eigenvalue weighted by Crippen LogP contribution is 2.18. The number of hydrogen-bond donors (Lipinski definition) is 1. The monoisotopic (exact) mass is 250 g/mol. The molecule has 2 N–H and O–H groups in total. The summed E-state index contributed by atoms with van der Waals surface area (Å²) in [4.78, 5) is 13.3. The van der Waals surface area contributed by atoms with Gasteiger partial charge in [-0.25, -0.2) is 0 Å². The van der Waals surface area contributed by atoms with Gasteiger partial charge in [-0.1, -0.05) is 13.0 Å². The van der Waals surface area contributed by atoms with Gasteiger partial charge in [0, 0.05) is 30.9 Å². The lowest BCUT2D eigenvalue weighted by Gasteiger charge is -2.24. The number of nitrogen functional groups attached to an aromatic ring is 1. The summed E-state index contributed by atoms with van der Waals surface area (Å²) in [5, 5.41) is 0. The summed E-state index contributed by atoms with van der Waals surface area (Å²) in [6.07, 6.45) is 2.31. The van der Waals surface area contributed by atoms with E-state index in [1.54, 1.807) is 0 Å². The Balaban J connectivity index is 2.57. The number of ether oxygens (including phenoxy) is 1. The van der Waals surface area contributed by atoms with Crippen LogP contribution in [0.15, 0.2) is 24.3 Å². The van der Waals surface area contributed by atoms with Crippen molar-refractivity contribution >= 4 is 17.3 Å². The summed E-state index contributed by atoms with van der Waals surface area (Å²) in [6.45, 7) is 3.94. The summed E-state index contributed by atoms with van der Waals surface area (Å²) in [6, 6.07) is 7.84. The van der Waals surface area contributed by atoms with Crippen LogP contribution in [0.4, 0.5) is 11.4 Å². The van der Waals surface area contributed by atoms with E-state index in [4.69, 9.17) is 5.73 Å². The number of anilines is 2. The van der Waals surface area contributed by atoms with Crippen molar-refractivity contribution in [1.29, 1.82) is 0 Å². The smallest absolute Gasteiger partial charge is 0.305 e. The van der Waals surface area contributed by atoms with E-state index in [-0.39, 0.29) is 5.97 Å². The fourth-order valence-electron chi connectivity index (χ4n) is 1.88. The molecule has 0 radical (unpaired) electrons. The first-order chi connectivity index (χ1) is 8.67. The number of hydrogen-bond acceptors (Lipinski definition) is 4. The molecular weight excluding hydrogens is 228 g/mol. The lowest BCUT2D eigenvalue weighted by molar-refractivity contribution is -0.140. The molecule has 0 spiro atoms. The van der Waals surface area contributed by atoms with E-state index in [1.165, 1.54) is 7.11 Å². The zero-order valence-electron chi connectivity index (χ0n) is 11.2. The number of methoxy groups -OCH3 is 1. The first-order valence-electron chi connectivity index (χ1n) is 6.34. The molecule has 1 aromatic rings. The van der Waals surface area contributed by atoms with Crippen LogP contribution in [0.25, 0.3) is 0 Å². The zero-order chi connectivity index (χ0) is 13.4. The minimum atomic E-state index is -0.154. The summed E-state index contributed by atoms with van der Waals surface area (Å²) in [7, 11) is 1.42. The zero-order valence-corrected chi connectivity index (χ0v) is 11.2. The second kappa shape index (κ2) is 7.58. The second-order valence-corrected chi connectivity index (χ2v) is 4.26. The van der Waals surface area contributed by atoms with Crippen molar-refractivity contribution in [3.8, 4) is 0 Å². The molecule has 0 aliphatic rings. The molecule has 0 saturated heterocycles. The van der Waals surface area contributed by atoms with Crippen LogP contribution < -0.4 is 10.6 Å². The molecule has 100 valence electrons. The quantitative estimate of drug-likeness (QED) is 0.596. The van der Waals surface area contributed by atoms with Crippen LogP contribution in [-0.2, 0) is 9.53 Å². The van der Waals surface area contributed by atoms with Gasteiger partial charge in [0.25, 0.3) is 0 Å². The van der Waals surface area contributed by atoms with E-state index >= 15 is 0 Å². The van der Waals surface area contributed by atoms with Crippen LogP contribution in [0.5, 0.6) is 0 Å². The van der Waals surface area contributed by atoms with Crippen molar-refractivity contribution < 1.29 is 9.53 Å². The molecule has 0 unspecified atom stereocenters. The molecule has 0 aliphatic heterocycles. The minimum absolute atomic E-state index is 0.154. The number of carbonyl (C=O) groups is 1. The molecule has 4 nitrogen and oxygen atoms in total. The van der Waals surface area contributed by atoms with Crippen LogP contribution in [-0.4, -0.2) is 26.2 Å². The van der Waals surface area contributed by atoms with Gasteiger partial charge >= 0.3 is 5.97 Å². The Morgan fingerprint density at radius 2 is 2.17 bits per heavy atom. The van der Waals surface area contributed by atoms with E-state index in [9.17, 15) is 4.79 Å². The van der Waals surface area contributed by atoms with Gasteiger partial charge in [-0.15, -0.1) is 0 Å². The molecule has 18 heavy (non-hydrogen) atoms. The molecular formula is C14H22N2O2. The lowest BCUT2D eigenvalue weighted by Crippen LogP contribution is -2.25. The van der Waals surface area contributed by atoms with E-state index in [0.29, 0.717) is 6.42 Å². The van der Waals surface area contributed by atoms with Crippen LogP contribution in [0.1, 0.15) is 26.2 Å². The van der Waals surface area contributed by atoms with Gasteiger partial charge in [0.15, 0.2) is 0 Å². The molecule has 1 aromatic carbocycles. The SMILES string of the molecule is CCCN(CCCC(=O)OC)c1cccc(N)c1. The summed E-state index contributed by atoms with van der Waals surface area (Å²) in [5.74, 6) is -0.154. The van der Waals surface area contributed by atoms with Crippen molar-refractivity contribution in [3.63, 3.8) is 0 Å². The predicted molar refractivity (Wildman–Crippen MR) is 74.6 cm³/mol. The first kappa shape index (κ1) is 14.4. The van der Waals surface area contributed by atoms with Gasteiger partial charge in [-0.05, 0) is 31.0 Å². The van der Waals surface area contributed by atoms with Crippen molar-refractivity contribution in [2.24, 2.45) is 0 Å². The Morgan fingerprint density at radius 1 is 1.39 bits per heavy atom. The van der Waals surface area contributed by atoms with Gasteiger partial charge in [-0.3, -0.25) is 4.79 Å². The largest absolute Gasteiger partial charge is 0.469 e. The normalized spacial score (nSPS) is 10.1. The van der Waals surface area contributed by atoms with Gasteiger partial charge in [-0.2, -0.15) is 0 Å². The molecule has 0 amide bonds. The van der Waals surface area contributed by atoms with E-state index in [1.807, 2.05) is 24.3 Å². The predicted octanol–water partition coefficient (Wildman–Crippen LogP) is 2.44. The average molecular weight is 250 g/mol. The number of benzene rings is 1. The Kier molecular flexibility index (Phi) is 6.05. The third-order valence-electron chi connectivity index (χ3n) is 2.77. The average Bonchev–Trinajstić information content (AvgIpc) is 2.37. The topological polar surface area (TPSA) is 55.6 Å². The minimum Gasteiger partial charge on any atom is -0.469 e. The molecule has 0 bridgehead atoms. The number of carbonyl (C=O) groups excluding carboxylic acids is 1. The first-order valence-corrected chi connectivity index (χ1v) is 6.34. The van der Waals surface area contributed by atoms with Gasteiger partial charge < -0.3 is 15.4 Å². The highest BCUT2D eigenvalue weighted by molar-refractivity contribution is 5.69. The molecule has 1 rings (SSSR count). The van der Waals surface area contributed by atoms with Crippen LogP contribution in [0, 0.1) is 0 Å². The molecule has 0 atom stereocenters. The van der Waals surface area contributed by atoms with Gasteiger partial charge in [0.1, 0.15) is 0 Å². The van der Waals surface area contributed by atoms with Crippen molar-refractivity contribution in [3.05, 3.63) is 24.3 Å². The fraction of sp³-hybridized carbons (Fsp3) is 0.500. The summed E-state index contributed by atoms with van der Waals surface area (Å²) >= 11 is 0. The third-order valence-corrected chi connectivity index (χ3v) is 2.77. The molecule has 0 fully saturated rings. The Bertz CT molecular complexity index is 380. The van der Waals surface area contributed by atoms with Crippen molar-refractivity contribution in [2.75, 3.05) is 30.8 Å². The van der Waals surface area contributed by atoms with Crippen LogP contribution in [0.2, 0.25) is 0 Å². The van der Waals surface area contributed by atoms with Gasteiger partial charge in [0.2, 0.25) is 0 Å². The Labute approximate surface area is 109 Å². The number of rotatable bonds is 7. The molecule has 0 aliphatic carbocycles.